The fourth-order valence-corrected chi connectivity index (χ4v) is 0.966. The van der Waals surface area contributed by atoms with Gasteiger partial charge in [-0.15, -0.1) is 0 Å². The van der Waals surface area contributed by atoms with Crippen molar-refractivity contribution >= 4 is 0 Å². The van der Waals surface area contributed by atoms with Crippen LogP contribution in [0.4, 0.5) is 8.78 Å². The second-order valence-electron chi connectivity index (χ2n) is 2.80. The van der Waals surface area contributed by atoms with Crippen molar-refractivity contribution in [3.05, 3.63) is 35.4 Å². The third-order valence-electron chi connectivity index (χ3n) is 1.60. The van der Waals surface area contributed by atoms with Crippen LogP contribution in [0.5, 0.6) is 0 Å². The predicted octanol–water partition coefficient (Wildman–Crippen LogP) is 4.11. The molecule has 0 aliphatic heterocycles. The van der Waals surface area contributed by atoms with E-state index in [9.17, 15) is 8.78 Å². The molecule has 0 fully saturated rings. The van der Waals surface area contributed by atoms with Crippen LogP contribution in [-0.2, 0) is 0 Å². The number of hydrogen-bond acceptors (Lipinski definition) is 0. The van der Waals surface area contributed by atoms with E-state index >= 15 is 0 Å². The average molecular weight is 186 g/mol. The highest BCUT2D eigenvalue weighted by molar-refractivity contribution is 5.21. The van der Waals surface area contributed by atoms with Gasteiger partial charge in [0.1, 0.15) is 0 Å². The minimum absolute atomic E-state index is 0.0331. The molecule has 0 aliphatic rings. The van der Waals surface area contributed by atoms with Gasteiger partial charge in [-0.3, -0.25) is 0 Å². The van der Waals surface area contributed by atoms with Gasteiger partial charge in [0.15, 0.2) is 11.6 Å². The smallest absolute Gasteiger partial charge is 0.162 e. The SMILES string of the molecule is CC.CC(C)c1cccc(F)c1F. The van der Waals surface area contributed by atoms with Gasteiger partial charge in [-0.25, -0.2) is 8.78 Å². The van der Waals surface area contributed by atoms with Crippen LogP contribution in [0.25, 0.3) is 0 Å². The molecule has 0 saturated heterocycles. The quantitative estimate of drug-likeness (QED) is 0.619. The van der Waals surface area contributed by atoms with Gasteiger partial charge < -0.3 is 0 Å². The molecule has 0 saturated carbocycles. The van der Waals surface area contributed by atoms with Crippen LogP contribution < -0.4 is 0 Å². The first-order valence-electron chi connectivity index (χ1n) is 4.57. The average Bonchev–Trinajstić information content (AvgIpc) is 2.13. The second-order valence-corrected chi connectivity index (χ2v) is 2.80. The van der Waals surface area contributed by atoms with E-state index in [-0.39, 0.29) is 5.92 Å². The largest absolute Gasteiger partial charge is 0.204 e. The Kier molecular flexibility index (Phi) is 5.28. The summed E-state index contributed by atoms with van der Waals surface area (Å²) in [6.07, 6.45) is 0. The third-order valence-corrected chi connectivity index (χ3v) is 1.60. The van der Waals surface area contributed by atoms with Crippen LogP contribution in [0.3, 0.4) is 0 Å². The minimum atomic E-state index is -0.767. The van der Waals surface area contributed by atoms with E-state index in [1.54, 1.807) is 6.07 Å². The van der Waals surface area contributed by atoms with Gasteiger partial charge in [-0.2, -0.15) is 0 Å². The zero-order valence-corrected chi connectivity index (χ0v) is 8.57. The fraction of sp³-hybridized carbons (Fsp3) is 0.455. The Hall–Kier alpha value is -0.920. The highest BCUT2D eigenvalue weighted by Gasteiger charge is 2.09. The van der Waals surface area contributed by atoms with E-state index in [1.165, 1.54) is 6.07 Å². The van der Waals surface area contributed by atoms with E-state index in [2.05, 4.69) is 0 Å². The van der Waals surface area contributed by atoms with Crippen LogP contribution in [0.2, 0.25) is 0 Å². The summed E-state index contributed by atoms with van der Waals surface area (Å²) in [6.45, 7) is 7.66. The molecule has 0 N–H and O–H groups in total. The van der Waals surface area contributed by atoms with Crippen molar-refractivity contribution in [2.75, 3.05) is 0 Å². The molecule has 0 aliphatic carbocycles. The highest BCUT2D eigenvalue weighted by Crippen LogP contribution is 2.19. The van der Waals surface area contributed by atoms with Crippen LogP contribution in [0, 0.1) is 11.6 Å². The number of halogens is 2. The molecule has 0 nitrogen and oxygen atoms in total. The Bertz CT molecular complexity index is 254. The van der Waals surface area contributed by atoms with E-state index in [0.29, 0.717) is 5.56 Å². The lowest BCUT2D eigenvalue weighted by atomic mass is 10.0. The summed E-state index contributed by atoms with van der Waals surface area (Å²) in [7, 11) is 0. The van der Waals surface area contributed by atoms with Crippen LogP contribution >= 0.6 is 0 Å². The van der Waals surface area contributed by atoms with Crippen molar-refractivity contribution in [3.8, 4) is 0 Å². The van der Waals surface area contributed by atoms with Gasteiger partial charge in [0.2, 0.25) is 0 Å². The monoisotopic (exact) mass is 186 g/mol. The molecule has 1 aromatic carbocycles. The van der Waals surface area contributed by atoms with Gasteiger partial charge in [0, 0.05) is 0 Å². The molecule has 2 heteroatoms. The van der Waals surface area contributed by atoms with Crippen molar-refractivity contribution in [1.82, 2.24) is 0 Å². The van der Waals surface area contributed by atoms with Gasteiger partial charge in [0.05, 0.1) is 0 Å². The molecule has 1 aromatic rings. The lowest BCUT2D eigenvalue weighted by Gasteiger charge is -2.05. The van der Waals surface area contributed by atoms with Crippen molar-refractivity contribution < 1.29 is 8.78 Å². The summed E-state index contributed by atoms with van der Waals surface area (Å²) in [6, 6.07) is 4.25. The maximum absolute atomic E-state index is 12.9. The van der Waals surface area contributed by atoms with E-state index in [4.69, 9.17) is 0 Å². The molecule has 0 aromatic heterocycles. The predicted molar refractivity (Wildman–Crippen MR) is 51.8 cm³/mol. The lowest BCUT2D eigenvalue weighted by molar-refractivity contribution is 0.494. The van der Waals surface area contributed by atoms with Gasteiger partial charge >= 0.3 is 0 Å². The van der Waals surface area contributed by atoms with Crippen LogP contribution in [0.1, 0.15) is 39.2 Å². The normalized spacial score (nSPS) is 9.46. The molecular formula is C11H16F2. The molecule has 0 spiro atoms. The van der Waals surface area contributed by atoms with Crippen LogP contribution in [0.15, 0.2) is 18.2 Å². The standard InChI is InChI=1S/C9H10F2.C2H6/c1-6(2)7-4-3-5-8(10)9(7)11;1-2/h3-6H,1-2H3;1-2H3. The first-order chi connectivity index (χ1) is 6.13. The zero-order valence-electron chi connectivity index (χ0n) is 8.57. The molecule has 74 valence electrons. The molecule has 0 atom stereocenters. The van der Waals surface area contributed by atoms with E-state index in [1.807, 2.05) is 27.7 Å². The first-order valence-corrected chi connectivity index (χ1v) is 4.57. The summed E-state index contributed by atoms with van der Waals surface area (Å²) in [5.74, 6) is -1.45. The summed E-state index contributed by atoms with van der Waals surface area (Å²) in [5, 5.41) is 0. The summed E-state index contributed by atoms with van der Waals surface area (Å²) in [4.78, 5) is 0. The summed E-state index contributed by atoms with van der Waals surface area (Å²) >= 11 is 0. The molecule has 13 heavy (non-hydrogen) atoms. The summed E-state index contributed by atoms with van der Waals surface area (Å²) < 4.78 is 25.4. The third kappa shape index (κ3) is 3.13. The molecule has 1 rings (SSSR count). The zero-order chi connectivity index (χ0) is 10.4. The Labute approximate surface area is 78.6 Å². The Morgan fingerprint density at radius 2 is 1.62 bits per heavy atom. The van der Waals surface area contributed by atoms with Crippen molar-refractivity contribution in [3.63, 3.8) is 0 Å². The second kappa shape index (κ2) is 5.68. The van der Waals surface area contributed by atoms with E-state index in [0.717, 1.165) is 6.07 Å². The first kappa shape index (κ1) is 12.1. The number of rotatable bonds is 1. The molecule has 0 heterocycles. The van der Waals surface area contributed by atoms with Gasteiger partial charge in [-0.05, 0) is 17.5 Å². The minimum Gasteiger partial charge on any atom is -0.204 e. The lowest BCUT2D eigenvalue weighted by Crippen LogP contribution is -1.95. The Balaban J connectivity index is 0.000000671. The highest BCUT2D eigenvalue weighted by atomic mass is 19.2. The summed E-state index contributed by atoms with van der Waals surface area (Å²) in [5.41, 5.74) is 0.435. The topological polar surface area (TPSA) is 0 Å². The van der Waals surface area contributed by atoms with Crippen molar-refractivity contribution in [1.29, 1.82) is 0 Å². The van der Waals surface area contributed by atoms with Gasteiger partial charge in [0.25, 0.3) is 0 Å². The van der Waals surface area contributed by atoms with Crippen LogP contribution in [-0.4, -0.2) is 0 Å². The fourth-order valence-electron chi connectivity index (χ4n) is 0.966. The molecule has 0 amide bonds. The maximum Gasteiger partial charge on any atom is 0.162 e. The van der Waals surface area contributed by atoms with E-state index < -0.39 is 11.6 Å². The van der Waals surface area contributed by atoms with Gasteiger partial charge in [-0.1, -0.05) is 39.8 Å². The maximum atomic E-state index is 12.9. The van der Waals surface area contributed by atoms with Crippen molar-refractivity contribution in [2.24, 2.45) is 0 Å². The molecule has 0 radical (unpaired) electrons. The number of benzene rings is 1. The Morgan fingerprint density at radius 1 is 1.08 bits per heavy atom. The molecule has 0 bridgehead atoms. The number of hydrogen-bond donors (Lipinski definition) is 0. The molecular weight excluding hydrogens is 170 g/mol. The molecule has 0 unspecified atom stereocenters. The Morgan fingerprint density at radius 3 is 2.00 bits per heavy atom. The van der Waals surface area contributed by atoms with Crippen molar-refractivity contribution in [2.45, 2.75) is 33.6 Å².